The summed E-state index contributed by atoms with van der Waals surface area (Å²) in [6.07, 6.45) is 1.81. The van der Waals surface area contributed by atoms with Gasteiger partial charge in [-0.15, -0.1) is 11.3 Å². The summed E-state index contributed by atoms with van der Waals surface area (Å²) in [6, 6.07) is 1.83. The summed E-state index contributed by atoms with van der Waals surface area (Å²) in [6.45, 7) is 4.71. The molecular formula is C14H21NO3S. The zero-order chi connectivity index (χ0) is 14.0. The maximum atomic E-state index is 12.6. The standard InChI is InChI=1S/C14H21NO3S/c1-14(2,17)11-5-4-7-15(11)13(16)12-10(9-18-3)6-8-19-12/h6,8,11,17H,4-5,7,9H2,1-3H3. The van der Waals surface area contributed by atoms with Crippen molar-refractivity contribution in [1.82, 2.24) is 4.90 Å². The van der Waals surface area contributed by atoms with Crippen molar-refractivity contribution in [2.75, 3.05) is 13.7 Å². The van der Waals surface area contributed by atoms with Crippen LogP contribution in [0.15, 0.2) is 11.4 Å². The van der Waals surface area contributed by atoms with E-state index in [-0.39, 0.29) is 11.9 Å². The van der Waals surface area contributed by atoms with Crippen molar-refractivity contribution in [2.24, 2.45) is 0 Å². The monoisotopic (exact) mass is 283 g/mol. The lowest BCUT2D eigenvalue weighted by Crippen LogP contribution is -2.48. The summed E-state index contributed by atoms with van der Waals surface area (Å²) in [5, 5.41) is 12.1. The third-order valence-electron chi connectivity index (χ3n) is 3.57. The average molecular weight is 283 g/mol. The molecule has 1 aliphatic rings. The Hall–Kier alpha value is -0.910. The Morgan fingerprint density at radius 3 is 3.00 bits per heavy atom. The smallest absolute Gasteiger partial charge is 0.264 e. The number of amides is 1. The molecule has 106 valence electrons. The SMILES string of the molecule is COCc1ccsc1C(=O)N1CCCC1C(C)(C)O. The molecule has 4 nitrogen and oxygen atoms in total. The zero-order valence-electron chi connectivity index (χ0n) is 11.7. The Morgan fingerprint density at radius 2 is 2.37 bits per heavy atom. The Kier molecular flexibility index (Phi) is 4.28. The van der Waals surface area contributed by atoms with Gasteiger partial charge in [-0.05, 0) is 38.1 Å². The first-order chi connectivity index (χ1) is 8.95. The number of likely N-dealkylation sites (tertiary alicyclic amines) is 1. The van der Waals surface area contributed by atoms with E-state index in [0.29, 0.717) is 6.61 Å². The number of thiophene rings is 1. The van der Waals surface area contributed by atoms with E-state index in [2.05, 4.69) is 0 Å². The highest BCUT2D eigenvalue weighted by molar-refractivity contribution is 7.12. The molecule has 1 amide bonds. The molecule has 0 saturated carbocycles. The summed E-state index contributed by atoms with van der Waals surface area (Å²) in [4.78, 5) is 15.2. The van der Waals surface area contributed by atoms with E-state index in [9.17, 15) is 9.90 Å². The average Bonchev–Trinajstić information content (AvgIpc) is 2.95. The van der Waals surface area contributed by atoms with Crippen LogP contribution in [-0.2, 0) is 11.3 Å². The van der Waals surface area contributed by atoms with E-state index >= 15 is 0 Å². The molecular weight excluding hydrogens is 262 g/mol. The van der Waals surface area contributed by atoms with Crippen molar-refractivity contribution in [3.05, 3.63) is 21.9 Å². The molecule has 1 aliphatic heterocycles. The molecule has 0 radical (unpaired) electrons. The lowest BCUT2D eigenvalue weighted by Gasteiger charge is -2.33. The Bertz CT molecular complexity index is 450. The van der Waals surface area contributed by atoms with Gasteiger partial charge >= 0.3 is 0 Å². The maximum Gasteiger partial charge on any atom is 0.264 e. The molecule has 1 aromatic rings. The minimum atomic E-state index is -0.856. The number of hydrogen-bond donors (Lipinski definition) is 1. The van der Waals surface area contributed by atoms with Crippen molar-refractivity contribution >= 4 is 17.2 Å². The van der Waals surface area contributed by atoms with Gasteiger partial charge in [0.05, 0.1) is 23.1 Å². The molecule has 2 rings (SSSR count). The second-order valence-corrected chi connectivity index (χ2v) is 6.43. The summed E-state index contributed by atoms with van der Waals surface area (Å²) in [5.74, 6) is 0.0201. The summed E-state index contributed by atoms with van der Waals surface area (Å²) in [5.41, 5.74) is 0.0732. The summed E-state index contributed by atoms with van der Waals surface area (Å²) in [7, 11) is 1.63. The predicted molar refractivity (Wildman–Crippen MR) is 75.4 cm³/mol. The number of nitrogens with zero attached hydrogens (tertiary/aromatic N) is 1. The number of hydrogen-bond acceptors (Lipinski definition) is 4. The van der Waals surface area contributed by atoms with Gasteiger partial charge in [-0.2, -0.15) is 0 Å². The lowest BCUT2D eigenvalue weighted by molar-refractivity contribution is 0.000417. The first kappa shape index (κ1) is 14.5. The van der Waals surface area contributed by atoms with Crippen LogP contribution in [0.1, 0.15) is 41.9 Å². The van der Waals surface area contributed by atoms with E-state index in [1.165, 1.54) is 11.3 Å². The van der Waals surface area contributed by atoms with Crippen LogP contribution in [0.3, 0.4) is 0 Å². The van der Waals surface area contributed by atoms with E-state index in [4.69, 9.17) is 4.74 Å². The van der Waals surface area contributed by atoms with Crippen LogP contribution in [-0.4, -0.2) is 41.2 Å². The minimum Gasteiger partial charge on any atom is -0.388 e. The van der Waals surface area contributed by atoms with E-state index in [1.54, 1.807) is 21.0 Å². The molecule has 0 spiro atoms. The van der Waals surface area contributed by atoms with Gasteiger partial charge in [0.25, 0.3) is 5.91 Å². The molecule has 19 heavy (non-hydrogen) atoms. The number of carbonyl (C=O) groups is 1. The van der Waals surface area contributed by atoms with Gasteiger partial charge in [0, 0.05) is 19.2 Å². The number of carbonyl (C=O) groups excluding carboxylic acids is 1. The van der Waals surface area contributed by atoms with Crippen molar-refractivity contribution in [3.8, 4) is 0 Å². The third kappa shape index (κ3) is 2.99. The van der Waals surface area contributed by atoms with Gasteiger partial charge in [0.1, 0.15) is 0 Å². The van der Waals surface area contributed by atoms with Crippen molar-refractivity contribution in [1.29, 1.82) is 0 Å². The topological polar surface area (TPSA) is 49.8 Å². The minimum absolute atomic E-state index is 0.0201. The molecule has 0 aliphatic carbocycles. The molecule has 2 heterocycles. The van der Waals surface area contributed by atoms with Crippen LogP contribution in [0.4, 0.5) is 0 Å². The Morgan fingerprint density at radius 1 is 1.63 bits per heavy atom. The molecule has 0 aromatic carbocycles. The van der Waals surface area contributed by atoms with E-state index in [0.717, 1.165) is 29.8 Å². The fourth-order valence-corrected chi connectivity index (χ4v) is 3.53. The summed E-state index contributed by atoms with van der Waals surface area (Å²) >= 11 is 1.44. The van der Waals surface area contributed by atoms with Gasteiger partial charge < -0.3 is 14.7 Å². The highest BCUT2D eigenvalue weighted by atomic mass is 32.1. The van der Waals surface area contributed by atoms with Gasteiger partial charge in [-0.3, -0.25) is 4.79 Å². The Balaban J connectivity index is 2.21. The van der Waals surface area contributed by atoms with Gasteiger partial charge in [-0.25, -0.2) is 0 Å². The Labute approximate surface area is 118 Å². The van der Waals surface area contributed by atoms with Crippen LogP contribution in [0.25, 0.3) is 0 Å². The molecule has 1 atom stereocenters. The van der Waals surface area contributed by atoms with Gasteiger partial charge in [0.2, 0.25) is 0 Å². The maximum absolute atomic E-state index is 12.6. The quantitative estimate of drug-likeness (QED) is 0.922. The fraction of sp³-hybridized carbons (Fsp3) is 0.643. The van der Waals surface area contributed by atoms with E-state index in [1.807, 2.05) is 16.3 Å². The van der Waals surface area contributed by atoms with Crippen LogP contribution in [0.5, 0.6) is 0 Å². The second kappa shape index (κ2) is 5.61. The van der Waals surface area contributed by atoms with Crippen LogP contribution in [0.2, 0.25) is 0 Å². The van der Waals surface area contributed by atoms with Crippen LogP contribution < -0.4 is 0 Å². The van der Waals surface area contributed by atoms with Gasteiger partial charge in [0.15, 0.2) is 0 Å². The third-order valence-corrected chi connectivity index (χ3v) is 4.51. The number of aliphatic hydroxyl groups is 1. The first-order valence-corrected chi connectivity index (χ1v) is 7.41. The molecule has 5 heteroatoms. The van der Waals surface area contributed by atoms with Gasteiger partial charge in [-0.1, -0.05) is 0 Å². The molecule has 0 bridgehead atoms. The number of ether oxygens (including phenoxy) is 1. The van der Waals surface area contributed by atoms with Crippen molar-refractivity contribution in [3.63, 3.8) is 0 Å². The van der Waals surface area contributed by atoms with E-state index < -0.39 is 5.60 Å². The lowest BCUT2D eigenvalue weighted by atomic mass is 9.96. The van der Waals surface area contributed by atoms with Crippen molar-refractivity contribution < 1.29 is 14.6 Å². The number of rotatable bonds is 4. The molecule has 1 saturated heterocycles. The summed E-state index contributed by atoms with van der Waals surface area (Å²) < 4.78 is 5.12. The molecule has 1 N–H and O–H groups in total. The molecule has 1 aromatic heterocycles. The highest BCUT2D eigenvalue weighted by Gasteiger charge is 2.39. The fourth-order valence-electron chi connectivity index (χ4n) is 2.67. The first-order valence-electron chi connectivity index (χ1n) is 6.53. The number of methoxy groups -OCH3 is 1. The largest absolute Gasteiger partial charge is 0.388 e. The predicted octanol–water partition coefficient (Wildman–Crippen LogP) is 2.27. The molecule has 1 unspecified atom stereocenters. The van der Waals surface area contributed by atoms with Crippen LogP contribution in [0, 0.1) is 0 Å². The highest BCUT2D eigenvalue weighted by Crippen LogP contribution is 2.30. The van der Waals surface area contributed by atoms with Crippen LogP contribution >= 0.6 is 11.3 Å². The molecule has 1 fully saturated rings. The van der Waals surface area contributed by atoms with Crippen molar-refractivity contribution in [2.45, 2.75) is 44.9 Å². The second-order valence-electron chi connectivity index (χ2n) is 5.52. The normalized spacial score (nSPS) is 20.0. The zero-order valence-corrected chi connectivity index (χ0v) is 12.5.